The Morgan fingerprint density at radius 3 is 2.10 bits per heavy atom. The first kappa shape index (κ1) is 20.4. The Labute approximate surface area is 160 Å². The highest BCUT2D eigenvalue weighted by atomic mass is 19.4. The highest BCUT2D eigenvalue weighted by Crippen LogP contribution is 2.33. The maximum Gasteiger partial charge on any atom is 0.433 e. The van der Waals surface area contributed by atoms with Gasteiger partial charge in [0.2, 0.25) is 5.88 Å². The zero-order chi connectivity index (χ0) is 21.2. The van der Waals surface area contributed by atoms with Gasteiger partial charge < -0.3 is 9.47 Å². The Morgan fingerprint density at radius 1 is 0.828 bits per heavy atom. The van der Waals surface area contributed by atoms with E-state index in [1.165, 1.54) is 31.4 Å². The van der Waals surface area contributed by atoms with Crippen LogP contribution in [0.15, 0.2) is 48.7 Å². The summed E-state index contributed by atoms with van der Waals surface area (Å²) in [4.78, 5) is 11.1. The summed E-state index contributed by atoms with van der Waals surface area (Å²) < 4.78 is 86.8. The van der Waals surface area contributed by atoms with E-state index in [0.717, 1.165) is 18.3 Å². The van der Waals surface area contributed by atoms with Gasteiger partial charge in [-0.25, -0.2) is 0 Å². The standard InChI is InChI=1S/C18H11F6N3O2/c1-28-15-9-13(10-2-4-11(5-3-10)17(19,20)21)26-16(27-15)29-12-6-7-25-14(8-12)18(22,23)24/h2-9H,1H3. The minimum atomic E-state index is -4.67. The van der Waals surface area contributed by atoms with Crippen molar-refractivity contribution in [3.63, 3.8) is 0 Å². The fourth-order valence-electron chi connectivity index (χ4n) is 2.27. The molecule has 0 aliphatic rings. The summed E-state index contributed by atoms with van der Waals surface area (Å²) in [5, 5.41) is 0. The molecule has 0 spiro atoms. The lowest BCUT2D eigenvalue weighted by atomic mass is 10.1. The number of aromatic nitrogens is 3. The van der Waals surface area contributed by atoms with Crippen LogP contribution in [-0.4, -0.2) is 22.1 Å². The highest BCUT2D eigenvalue weighted by Gasteiger charge is 2.33. The van der Waals surface area contributed by atoms with E-state index in [0.29, 0.717) is 11.6 Å². The van der Waals surface area contributed by atoms with Crippen molar-refractivity contribution in [2.24, 2.45) is 0 Å². The zero-order valence-electron chi connectivity index (χ0n) is 14.5. The van der Waals surface area contributed by atoms with Gasteiger partial charge in [0.1, 0.15) is 11.4 Å². The number of nitrogens with zero attached hydrogens (tertiary/aromatic N) is 3. The second-order valence-corrected chi connectivity index (χ2v) is 5.63. The lowest BCUT2D eigenvalue weighted by molar-refractivity contribution is -0.141. The molecule has 0 aliphatic carbocycles. The fraction of sp³-hybridized carbons (Fsp3) is 0.167. The van der Waals surface area contributed by atoms with Gasteiger partial charge in [-0.3, -0.25) is 4.98 Å². The maximum atomic E-state index is 12.8. The SMILES string of the molecule is COc1cc(-c2ccc(C(F)(F)F)cc2)nc(Oc2ccnc(C(F)(F)F)c2)n1. The van der Waals surface area contributed by atoms with Crippen LogP contribution in [-0.2, 0) is 12.4 Å². The van der Waals surface area contributed by atoms with E-state index < -0.39 is 23.6 Å². The molecule has 2 aromatic heterocycles. The molecule has 0 saturated carbocycles. The Morgan fingerprint density at radius 2 is 1.52 bits per heavy atom. The van der Waals surface area contributed by atoms with Crippen molar-refractivity contribution in [1.82, 2.24) is 15.0 Å². The normalized spacial score (nSPS) is 12.0. The lowest BCUT2D eigenvalue weighted by Crippen LogP contribution is -2.07. The average Bonchev–Trinajstić information content (AvgIpc) is 2.66. The van der Waals surface area contributed by atoms with Gasteiger partial charge in [0.05, 0.1) is 18.4 Å². The van der Waals surface area contributed by atoms with E-state index in [1.807, 2.05) is 0 Å². The monoisotopic (exact) mass is 415 g/mol. The van der Waals surface area contributed by atoms with Crippen molar-refractivity contribution in [1.29, 1.82) is 0 Å². The van der Waals surface area contributed by atoms with Gasteiger partial charge in [-0.2, -0.15) is 36.3 Å². The van der Waals surface area contributed by atoms with Gasteiger partial charge in [-0.1, -0.05) is 12.1 Å². The van der Waals surface area contributed by atoms with Crippen LogP contribution in [0.2, 0.25) is 0 Å². The van der Waals surface area contributed by atoms with Crippen molar-refractivity contribution in [3.05, 3.63) is 59.9 Å². The van der Waals surface area contributed by atoms with Crippen LogP contribution in [0.1, 0.15) is 11.3 Å². The molecule has 0 atom stereocenters. The van der Waals surface area contributed by atoms with Crippen LogP contribution in [0.4, 0.5) is 26.3 Å². The minimum absolute atomic E-state index is 0.00926. The molecule has 3 rings (SSSR count). The van der Waals surface area contributed by atoms with E-state index in [-0.39, 0.29) is 23.3 Å². The number of methoxy groups -OCH3 is 1. The van der Waals surface area contributed by atoms with Crippen molar-refractivity contribution in [2.45, 2.75) is 12.4 Å². The maximum absolute atomic E-state index is 12.8. The summed E-state index contributed by atoms with van der Waals surface area (Å²) in [6, 6.07) is 7.00. The molecular weight excluding hydrogens is 404 g/mol. The first-order valence-electron chi connectivity index (χ1n) is 7.88. The van der Waals surface area contributed by atoms with E-state index >= 15 is 0 Å². The number of rotatable bonds is 4. The third-order valence-corrected chi connectivity index (χ3v) is 3.63. The number of hydrogen-bond acceptors (Lipinski definition) is 5. The van der Waals surface area contributed by atoms with Crippen molar-refractivity contribution >= 4 is 0 Å². The van der Waals surface area contributed by atoms with Crippen LogP contribution in [0.25, 0.3) is 11.3 Å². The molecule has 0 radical (unpaired) electrons. The molecule has 0 saturated heterocycles. The predicted octanol–water partition coefficient (Wildman–Crippen LogP) is 5.38. The predicted molar refractivity (Wildman–Crippen MR) is 88.3 cm³/mol. The second kappa shape index (κ2) is 7.57. The molecule has 5 nitrogen and oxygen atoms in total. The van der Waals surface area contributed by atoms with Crippen LogP contribution >= 0.6 is 0 Å². The Hall–Kier alpha value is -3.37. The molecule has 0 fully saturated rings. The molecule has 152 valence electrons. The molecule has 2 heterocycles. The molecular formula is C18H11F6N3O2. The molecule has 11 heteroatoms. The Bertz CT molecular complexity index is 1000. The van der Waals surface area contributed by atoms with Crippen molar-refractivity contribution < 1.29 is 35.8 Å². The Kier molecular flexibility index (Phi) is 5.31. The molecule has 0 N–H and O–H groups in total. The largest absolute Gasteiger partial charge is 0.481 e. The lowest BCUT2D eigenvalue weighted by Gasteiger charge is -2.11. The van der Waals surface area contributed by atoms with E-state index in [4.69, 9.17) is 9.47 Å². The smallest absolute Gasteiger partial charge is 0.433 e. The van der Waals surface area contributed by atoms with E-state index in [9.17, 15) is 26.3 Å². The summed E-state index contributed by atoms with van der Waals surface area (Å²) in [5.74, 6) is -0.214. The molecule has 0 unspecified atom stereocenters. The van der Waals surface area contributed by atoms with Crippen LogP contribution in [0.5, 0.6) is 17.6 Å². The van der Waals surface area contributed by atoms with Gasteiger partial charge in [-0.05, 0) is 18.2 Å². The Balaban J connectivity index is 1.94. The second-order valence-electron chi connectivity index (χ2n) is 5.63. The number of halogens is 6. The van der Waals surface area contributed by atoms with Crippen molar-refractivity contribution in [2.75, 3.05) is 7.11 Å². The first-order chi connectivity index (χ1) is 13.6. The summed E-state index contributed by atoms with van der Waals surface area (Å²) in [5.41, 5.74) is -1.55. The molecule has 0 bridgehead atoms. The molecule has 3 aromatic rings. The van der Waals surface area contributed by atoms with E-state index in [2.05, 4.69) is 15.0 Å². The topological polar surface area (TPSA) is 57.1 Å². The highest BCUT2D eigenvalue weighted by molar-refractivity contribution is 5.61. The zero-order valence-corrected chi connectivity index (χ0v) is 14.5. The summed E-state index contributed by atoms with van der Waals surface area (Å²) >= 11 is 0. The molecule has 1 aromatic carbocycles. The molecule has 29 heavy (non-hydrogen) atoms. The first-order valence-corrected chi connectivity index (χ1v) is 7.88. The fourth-order valence-corrected chi connectivity index (χ4v) is 2.27. The van der Waals surface area contributed by atoms with Crippen LogP contribution < -0.4 is 9.47 Å². The van der Waals surface area contributed by atoms with Crippen LogP contribution in [0.3, 0.4) is 0 Å². The molecule has 0 aliphatic heterocycles. The number of alkyl halides is 6. The quantitative estimate of drug-likeness (QED) is 0.536. The summed E-state index contributed by atoms with van der Waals surface area (Å²) in [7, 11) is 1.29. The minimum Gasteiger partial charge on any atom is -0.481 e. The molecule has 0 amide bonds. The van der Waals surface area contributed by atoms with Crippen molar-refractivity contribution in [3.8, 4) is 28.9 Å². The number of ether oxygens (including phenoxy) is 2. The number of hydrogen-bond donors (Lipinski definition) is 0. The average molecular weight is 415 g/mol. The van der Waals surface area contributed by atoms with E-state index in [1.54, 1.807) is 0 Å². The summed E-state index contributed by atoms with van der Waals surface area (Å²) in [6.45, 7) is 0. The van der Waals surface area contributed by atoms with Gasteiger partial charge in [0.15, 0.2) is 0 Å². The van der Waals surface area contributed by atoms with Crippen LogP contribution in [0, 0.1) is 0 Å². The number of benzene rings is 1. The third kappa shape index (κ3) is 4.92. The van der Waals surface area contributed by atoms with Gasteiger partial charge in [0.25, 0.3) is 0 Å². The third-order valence-electron chi connectivity index (χ3n) is 3.63. The number of pyridine rings is 1. The summed E-state index contributed by atoms with van der Waals surface area (Å²) in [6.07, 6.45) is -8.25. The van der Waals surface area contributed by atoms with Gasteiger partial charge in [-0.15, -0.1) is 0 Å². The van der Waals surface area contributed by atoms with Gasteiger partial charge in [0, 0.05) is 23.9 Å². The van der Waals surface area contributed by atoms with Gasteiger partial charge >= 0.3 is 18.4 Å².